The van der Waals surface area contributed by atoms with Crippen LogP contribution in [-0.4, -0.2) is 59.6 Å². The van der Waals surface area contributed by atoms with Crippen LogP contribution in [-0.2, 0) is 31.2 Å². The monoisotopic (exact) mass is 470 g/mol. The number of amides is 1. The van der Waals surface area contributed by atoms with Crippen molar-refractivity contribution >= 4 is 32.5 Å². The molecule has 0 spiro atoms. The largest absolute Gasteiger partial charge is 0.488 e. The van der Waals surface area contributed by atoms with Gasteiger partial charge in [0.1, 0.15) is 11.4 Å². The van der Waals surface area contributed by atoms with Gasteiger partial charge >= 0.3 is 26.8 Å². The Morgan fingerprint density at radius 3 is 2.10 bits per heavy atom. The highest BCUT2D eigenvalue weighted by atomic mass is 32.3. The van der Waals surface area contributed by atoms with E-state index < -0.39 is 43.9 Å². The van der Waals surface area contributed by atoms with Crippen LogP contribution in [0.25, 0.3) is 0 Å². The Bertz CT molecular complexity index is 958. The van der Waals surface area contributed by atoms with Crippen LogP contribution in [0.3, 0.4) is 0 Å². The Morgan fingerprint density at radius 1 is 1.07 bits per heavy atom. The van der Waals surface area contributed by atoms with Gasteiger partial charge in [0.05, 0.1) is 0 Å². The molecule has 1 aromatic rings. The number of piperazine rings is 1. The lowest BCUT2D eigenvalue weighted by Gasteiger charge is -2.37. The summed E-state index contributed by atoms with van der Waals surface area (Å²) >= 11 is 0. The fraction of sp³-hybridized carbons (Fsp3) is 0.588. The van der Waals surface area contributed by atoms with Crippen molar-refractivity contribution in [2.24, 2.45) is 0 Å². The summed E-state index contributed by atoms with van der Waals surface area (Å²) in [5, 5.41) is 0. The van der Waals surface area contributed by atoms with Gasteiger partial charge in [0.25, 0.3) is 0 Å². The summed E-state index contributed by atoms with van der Waals surface area (Å²) in [6.07, 6.45) is -0.484. The molecular weight excluding hydrogens is 446 g/mol. The molecule has 0 bridgehead atoms. The lowest BCUT2D eigenvalue weighted by molar-refractivity contribution is 0.0240. The lowest BCUT2D eigenvalue weighted by atomic mass is 10.1. The fourth-order valence-electron chi connectivity index (χ4n) is 2.91. The SMILES string of the molecule is Cc1c(CS(=O)(=O)F)cc(N2CCN(C(=O)OC(C)(C)C)CC2)cc1OS(=O)(=O)F. The first-order valence-electron chi connectivity index (χ1n) is 8.97. The first-order valence-corrected chi connectivity index (χ1v) is 11.8. The molecule has 1 aliphatic heterocycles. The van der Waals surface area contributed by atoms with Gasteiger partial charge in [0.15, 0.2) is 5.75 Å². The maximum atomic E-state index is 13.2. The van der Waals surface area contributed by atoms with E-state index in [-0.39, 0.29) is 24.2 Å². The van der Waals surface area contributed by atoms with Gasteiger partial charge in [-0.1, -0.05) is 3.89 Å². The van der Waals surface area contributed by atoms with Gasteiger partial charge in [-0.15, -0.1) is 3.89 Å². The van der Waals surface area contributed by atoms with Crippen LogP contribution in [0.4, 0.5) is 18.3 Å². The second kappa shape index (κ2) is 8.53. The molecule has 9 nitrogen and oxygen atoms in total. The Kier molecular flexibility index (Phi) is 6.86. The molecule has 1 fully saturated rings. The van der Waals surface area contributed by atoms with Crippen LogP contribution in [0, 0.1) is 6.92 Å². The zero-order valence-corrected chi connectivity index (χ0v) is 18.6. The molecule has 1 aromatic carbocycles. The number of nitrogens with zero attached hydrogens (tertiary/aromatic N) is 2. The molecule has 0 atom stereocenters. The van der Waals surface area contributed by atoms with Crippen LogP contribution in [0.5, 0.6) is 5.75 Å². The summed E-state index contributed by atoms with van der Waals surface area (Å²) in [7, 11) is -10.3. The van der Waals surface area contributed by atoms with E-state index in [1.165, 1.54) is 24.0 Å². The molecule has 1 amide bonds. The average molecular weight is 471 g/mol. The van der Waals surface area contributed by atoms with Gasteiger partial charge in [0, 0.05) is 37.9 Å². The van der Waals surface area contributed by atoms with Crippen molar-refractivity contribution in [3.05, 3.63) is 23.3 Å². The minimum Gasteiger partial charge on any atom is -0.444 e. The van der Waals surface area contributed by atoms with Gasteiger partial charge in [-0.25, -0.2) is 4.79 Å². The van der Waals surface area contributed by atoms with E-state index in [4.69, 9.17) is 4.74 Å². The van der Waals surface area contributed by atoms with Crippen molar-refractivity contribution in [2.45, 2.75) is 39.0 Å². The third kappa shape index (κ3) is 7.27. The standard InChI is InChI=1S/C17H24F2N2O7S2/c1-12-13(11-29(18,23)24)9-14(10-15(12)28-30(19,25)26)20-5-7-21(8-6-20)16(22)27-17(2,3)4/h9-10H,5-8,11H2,1-4H3. The molecule has 2 rings (SSSR count). The maximum Gasteiger partial charge on any atom is 0.488 e. The van der Waals surface area contributed by atoms with Gasteiger partial charge in [0.2, 0.25) is 0 Å². The average Bonchev–Trinajstić information content (AvgIpc) is 2.54. The van der Waals surface area contributed by atoms with Crippen molar-refractivity contribution in [3.63, 3.8) is 0 Å². The molecule has 13 heteroatoms. The molecule has 0 unspecified atom stereocenters. The molecule has 170 valence electrons. The van der Waals surface area contributed by atoms with E-state index in [2.05, 4.69) is 4.18 Å². The van der Waals surface area contributed by atoms with E-state index in [9.17, 15) is 29.4 Å². The third-order valence-electron chi connectivity index (χ3n) is 4.27. The van der Waals surface area contributed by atoms with E-state index in [1.54, 1.807) is 25.7 Å². The van der Waals surface area contributed by atoms with Crippen molar-refractivity contribution in [1.29, 1.82) is 0 Å². The summed E-state index contributed by atoms with van der Waals surface area (Å²) < 4.78 is 80.0. The second-order valence-electron chi connectivity index (χ2n) is 7.84. The number of carbonyl (C=O) groups excluding carboxylic acids is 1. The van der Waals surface area contributed by atoms with Gasteiger partial charge in [-0.3, -0.25) is 0 Å². The maximum absolute atomic E-state index is 13.2. The van der Waals surface area contributed by atoms with Crippen molar-refractivity contribution in [2.75, 3.05) is 31.1 Å². The number of hydrogen-bond donors (Lipinski definition) is 0. The van der Waals surface area contributed by atoms with Crippen molar-refractivity contribution in [1.82, 2.24) is 4.90 Å². The minimum atomic E-state index is -5.38. The Labute approximate surface area is 175 Å². The van der Waals surface area contributed by atoms with E-state index in [1.807, 2.05) is 0 Å². The number of hydrogen-bond acceptors (Lipinski definition) is 8. The predicted molar refractivity (Wildman–Crippen MR) is 106 cm³/mol. The summed E-state index contributed by atoms with van der Waals surface area (Å²) in [6.45, 7) is 7.68. The van der Waals surface area contributed by atoms with Crippen LogP contribution >= 0.6 is 0 Å². The number of rotatable bonds is 5. The van der Waals surface area contributed by atoms with Crippen LogP contribution in [0.2, 0.25) is 0 Å². The number of benzene rings is 1. The topological polar surface area (TPSA) is 110 Å². The smallest absolute Gasteiger partial charge is 0.444 e. The number of halogens is 2. The predicted octanol–water partition coefficient (Wildman–Crippen LogP) is 2.44. The second-order valence-corrected chi connectivity index (χ2v) is 10.2. The van der Waals surface area contributed by atoms with Gasteiger partial charge in [-0.05, 0) is 44.9 Å². The number of ether oxygens (including phenoxy) is 1. The quantitative estimate of drug-likeness (QED) is 0.604. The minimum absolute atomic E-state index is 0.0198. The Balaban J connectivity index is 2.27. The molecular formula is C17H24F2N2O7S2. The number of carbonyl (C=O) groups is 1. The van der Waals surface area contributed by atoms with Crippen molar-refractivity contribution in [3.8, 4) is 5.75 Å². The normalized spacial score (nSPS) is 15.8. The van der Waals surface area contributed by atoms with Crippen LogP contribution in [0.15, 0.2) is 12.1 Å². The number of anilines is 1. The highest BCUT2D eigenvalue weighted by molar-refractivity contribution is 7.85. The zero-order chi connectivity index (χ0) is 22.9. The lowest BCUT2D eigenvalue weighted by Crippen LogP contribution is -2.50. The van der Waals surface area contributed by atoms with Crippen LogP contribution in [0.1, 0.15) is 31.9 Å². The van der Waals surface area contributed by atoms with E-state index in [0.717, 1.165) is 0 Å². The molecule has 30 heavy (non-hydrogen) atoms. The highest BCUT2D eigenvalue weighted by Crippen LogP contribution is 2.32. The molecule has 0 N–H and O–H groups in total. The van der Waals surface area contributed by atoms with Crippen molar-refractivity contribution < 1.29 is 38.3 Å². The molecule has 1 aliphatic rings. The zero-order valence-electron chi connectivity index (χ0n) is 17.0. The molecule has 1 saturated heterocycles. The highest BCUT2D eigenvalue weighted by Gasteiger charge is 2.27. The Hall–Kier alpha value is -2.15. The third-order valence-corrected chi connectivity index (χ3v) is 5.30. The first kappa shape index (κ1) is 24.1. The fourth-order valence-corrected chi connectivity index (χ4v) is 3.97. The molecule has 0 radical (unpaired) electrons. The summed E-state index contributed by atoms with van der Waals surface area (Å²) in [6, 6.07) is 2.59. The van der Waals surface area contributed by atoms with Gasteiger partial charge in [-0.2, -0.15) is 16.8 Å². The first-order chi connectivity index (χ1) is 13.5. The molecule has 1 heterocycles. The molecule has 0 aromatic heterocycles. The molecule has 0 aliphatic carbocycles. The van der Waals surface area contributed by atoms with E-state index >= 15 is 0 Å². The van der Waals surface area contributed by atoms with Crippen LogP contribution < -0.4 is 9.08 Å². The summed E-state index contributed by atoms with van der Waals surface area (Å²) in [5.41, 5.74) is -0.430. The summed E-state index contributed by atoms with van der Waals surface area (Å²) in [5.74, 6) is -1.46. The van der Waals surface area contributed by atoms with E-state index in [0.29, 0.717) is 18.8 Å². The van der Waals surface area contributed by atoms with Gasteiger partial charge < -0.3 is 18.7 Å². The summed E-state index contributed by atoms with van der Waals surface area (Å²) in [4.78, 5) is 15.4. The Morgan fingerprint density at radius 2 is 1.63 bits per heavy atom. The molecule has 0 saturated carbocycles.